The third kappa shape index (κ3) is 2.45. The maximum absolute atomic E-state index is 12.6. The predicted molar refractivity (Wildman–Crippen MR) is 77.5 cm³/mol. The first kappa shape index (κ1) is 12.5. The molecule has 3 rings (SSSR count). The Morgan fingerprint density at radius 1 is 1.26 bits per heavy atom. The molecule has 0 aliphatic carbocycles. The lowest BCUT2D eigenvalue weighted by molar-refractivity contribution is 0.0986. The third-order valence-corrected chi connectivity index (χ3v) is 3.84. The fourth-order valence-corrected chi connectivity index (χ4v) is 2.82. The standard InChI is InChI=1S/C15H14BrNO2/c16-14-9-12(10-19-14)15(18)17-8-4-3-6-11-5-1-2-7-13(11)17/h1-2,5,7,9-10H,3-4,6,8H2. The average Bonchev–Trinajstić information content (AvgIpc) is 2.74. The maximum Gasteiger partial charge on any atom is 0.261 e. The molecule has 0 spiro atoms. The zero-order valence-corrected chi connectivity index (χ0v) is 12.0. The molecule has 0 unspecified atom stereocenters. The van der Waals surface area contributed by atoms with Gasteiger partial charge < -0.3 is 9.32 Å². The molecule has 0 atom stereocenters. The van der Waals surface area contributed by atoms with Crippen LogP contribution in [-0.4, -0.2) is 12.5 Å². The number of anilines is 1. The lowest BCUT2D eigenvalue weighted by Gasteiger charge is -2.22. The van der Waals surface area contributed by atoms with Gasteiger partial charge in [0.15, 0.2) is 4.67 Å². The molecule has 1 amide bonds. The van der Waals surface area contributed by atoms with Gasteiger partial charge in [-0.2, -0.15) is 0 Å². The molecule has 0 radical (unpaired) electrons. The van der Waals surface area contributed by atoms with Gasteiger partial charge in [-0.05, 0) is 46.8 Å². The summed E-state index contributed by atoms with van der Waals surface area (Å²) in [7, 11) is 0. The Bertz CT molecular complexity index is 606. The number of amides is 1. The molecule has 1 aromatic carbocycles. The van der Waals surface area contributed by atoms with E-state index in [2.05, 4.69) is 22.0 Å². The van der Waals surface area contributed by atoms with Gasteiger partial charge in [-0.15, -0.1) is 0 Å². The van der Waals surface area contributed by atoms with Crippen LogP contribution >= 0.6 is 15.9 Å². The summed E-state index contributed by atoms with van der Waals surface area (Å²) in [4.78, 5) is 14.4. The van der Waals surface area contributed by atoms with Crippen LogP contribution in [0.4, 0.5) is 5.69 Å². The summed E-state index contributed by atoms with van der Waals surface area (Å²) in [5.74, 6) is 0.00352. The number of furan rings is 1. The molecular weight excluding hydrogens is 306 g/mol. The Balaban J connectivity index is 1.98. The highest BCUT2D eigenvalue weighted by atomic mass is 79.9. The van der Waals surface area contributed by atoms with E-state index in [0.717, 1.165) is 31.5 Å². The summed E-state index contributed by atoms with van der Waals surface area (Å²) in [5.41, 5.74) is 2.86. The van der Waals surface area contributed by atoms with Crippen LogP contribution in [0, 0.1) is 0 Å². The molecule has 19 heavy (non-hydrogen) atoms. The van der Waals surface area contributed by atoms with Crippen LogP contribution in [0.3, 0.4) is 0 Å². The van der Waals surface area contributed by atoms with Crippen molar-refractivity contribution in [2.24, 2.45) is 0 Å². The van der Waals surface area contributed by atoms with Crippen LogP contribution in [0.1, 0.15) is 28.8 Å². The largest absolute Gasteiger partial charge is 0.457 e. The van der Waals surface area contributed by atoms with E-state index in [1.54, 1.807) is 6.07 Å². The van der Waals surface area contributed by atoms with Crippen LogP contribution in [0.5, 0.6) is 0 Å². The van der Waals surface area contributed by atoms with Gasteiger partial charge in [-0.1, -0.05) is 18.2 Å². The topological polar surface area (TPSA) is 33.5 Å². The first-order chi connectivity index (χ1) is 9.25. The van der Waals surface area contributed by atoms with Crippen molar-refractivity contribution in [3.05, 3.63) is 52.4 Å². The molecule has 0 bridgehead atoms. The minimum Gasteiger partial charge on any atom is -0.457 e. The average molecular weight is 320 g/mol. The number of halogens is 1. The normalized spacial score (nSPS) is 14.9. The van der Waals surface area contributed by atoms with Gasteiger partial charge in [0.2, 0.25) is 0 Å². The summed E-state index contributed by atoms with van der Waals surface area (Å²) in [6.07, 6.45) is 4.68. The number of carbonyl (C=O) groups excluding carboxylic acids is 1. The molecule has 1 aliphatic heterocycles. The number of hydrogen-bond donors (Lipinski definition) is 0. The number of benzene rings is 1. The maximum atomic E-state index is 12.6. The van der Waals surface area contributed by atoms with E-state index in [1.807, 2.05) is 23.1 Å². The number of rotatable bonds is 1. The Labute approximate surface area is 120 Å². The Morgan fingerprint density at radius 3 is 2.89 bits per heavy atom. The van der Waals surface area contributed by atoms with E-state index in [-0.39, 0.29) is 5.91 Å². The summed E-state index contributed by atoms with van der Waals surface area (Å²) in [5, 5.41) is 0. The van der Waals surface area contributed by atoms with E-state index < -0.39 is 0 Å². The van der Waals surface area contributed by atoms with E-state index in [0.29, 0.717) is 10.2 Å². The zero-order chi connectivity index (χ0) is 13.2. The van der Waals surface area contributed by atoms with Crippen molar-refractivity contribution in [2.75, 3.05) is 11.4 Å². The Morgan fingerprint density at radius 2 is 2.11 bits per heavy atom. The molecular formula is C15H14BrNO2. The second kappa shape index (κ2) is 5.21. The Kier molecular flexibility index (Phi) is 3.42. The van der Waals surface area contributed by atoms with Gasteiger partial charge in [-0.3, -0.25) is 4.79 Å². The van der Waals surface area contributed by atoms with Gasteiger partial charge in [-0.25, -0.2) is 0 Å². The molecule has 3 nitrogen and oxygen atoms in total. The number of nitrogens with zero attached hydrogens (tertiary/aromatic N) is 1. The lowest BCUT2D eigenvalue weighted by Crippen LogP contribution is -2.31. The monoisotopic (exact) mass is 319 g/mol. The van der Waals surface area contributed by atoms with Gasteiger partial charge in [0, 0.05) is 18.3 Å². The number of aryl methyl sites for hydroxylation is 1. The molecule has 0 saturated heterocycles. The number of hydrogen-bond acceptors (Lipinski definition) is 2. The van der Waals surface area contributed by atoms with Gasteiger partial charge in [0.1, 0.15) is 6.26 Å². The first-order valence-corrected chi connectivity index (χ1v) is 7.19. The molecule has 2 aromatic rings. The summed E-state index contributed by atoms with van der Waals surface area (Å²) in [6.45, 7) is 0.763. The fraction of sp³-hybridized carbons (Fsp3) is 0.267. The number of carbonyl (C=O) groups is 1. The van der Waals surface area contributed by atoms with E-state index in [1.165, 1.54) is 11.8 Å². The highest BCUT2D eigenvalue weighted by molar-refractivity contribution is 9.10. The van der Waals surface area contributed by atoms with Crippen molar-refractivity contribution in [3.8, 4) is 0 Å². The van der Waals surface area contributed by atoms with Crippen LogP contribution < -0.4 is 4.90 Å². The van der Waals surface area contributed by atoms with Crippen molar-refractivity contribution < 1.29 is 9.21 Å². The molecule has 98 valence electrons. The predicted octanol–water partition coefficient (Wildman–Crippen LogP) is 4.03. The fourth-order valence-electron chi connectivity index (χ4n) is 2.48. The summed E-state index contributed by atoms with van der Waals surface area (Å²) >= 11 is 3.23. The van der Waals surface area contributed by atoms with Crippen LogP contribution in [0.15, 0.2) is 45.7 Å². The molecule has 4 heteroatoms. The van der Waals surface area contributed by atoms with Crippen molar-refractivity contribution in [3.63, 3.8) is 0 Å². The van der Waals surface area contributed by atoms with E-state index in [4.69, 9.17) is 4.42 Å². The van der Waals surface area contributed by atoms with E-state index >= 15 is 0 Å². The van der Waals surface area contributed by atoms with Crippen molar-refractivity contribution in [1.82, 2.24) is 0 Å². The first-order valence-electron chi connectivity index (χ1n) is 6.39. The minimum absolute atomic E-state index is 0.00352. The third-order valence-electron chi connectivity index (χ3n) is 3.42. The molecule has 0 saturated carbocycles. The van der Waals surface area contributed by atoms with Crippen molar-refractivity contribution in [1.29, 1.82) is 0 Å². The van der Waals surface area contributed by atoms with Gasteiger partial charge in [0.25, 0.3) is 5.91 Å². The lowest BCUT2D eigenvalue weighted by atomic mass is 10.1. The summed E-state index contributed by atoms with van der Waals surface area (Å²) in [6, 6.07) is 9.85. The van der Waals surface area contributed by atoms with Gasteiger partial charge >= 0.3 is 0 Å². The van der Waals surface area contributed by atoms with E-state index in [9.17, 15) is 4.79 Å². The highest BCUT2D eigenvalue weighted by Crippen LogP contribution is 2.28. The Hall–Kier alpha value is -1.55. The zero-order valence-electron chi connectivity index (χ0n) is 10.4. The minimum atomic E-state index is 0.00352. The van der Waals surface area contributed by atoms with Crippen LogP contribution in [0.25, 0.3) is 0 Å². The number of para-hydroxylation sites is 1. The summed E-state index contributed by atoms with van der Waals surface area (Å²) < 4.78 is 5.75. The van der Waals surface area contributed by atoms with Gasteiger partial charge in [0.05, 0.1) is 5.56 Å². The molecule has 1 aromatic heterocycles. The SMILES string of the molecule is O=C(c1coc(Br)c1)N1CCCCc2ccccc21. The quantitative estimate of drug-likeness (QED) is 0.795. The highest BCUT2D eigenvalue weighted by Gasteiger charge is 2.23. The second-order valence-electron chi connectivity index (χ2n) is 4.68. The smallest absolute Gasteiger partial charge is 0.261 e. The molecule has 2 heterocycles. The molecule has 0 N–H and O–H groups in total. The van der Waals surface area contributed by atoms with Crippen molar-refractivity contribution in [2.45, 2.75) is 19.3 Å². The van der Waals surface area contributed by atoms with Crippen molar-refractivity contribution >= 4 is 27.5 Å². The number of fused-ring (bicyclic) bond motifs is 1. The molecule has 1 aliphatic rings. The van der Waals surface area contributed by atoms with Crippen LogP contribution in [-0.2, 0) is 6.42 Å². The second-order valence-corrected chi connectivity index (χ2v) is 5.46. The molecule has 0 fully saturated rings. The van der Waals surface area contributed by atoms with Crippen LogP contribution in [0.2, 0.25) is 0 Å².